The molecule has 0 heterocycles. The maximum absolute atomic E-state index is 12.4. The summed E-state index contributed by atoms with van der Waals surface area (Å²) in [7, 11) is -6.69. The first-order valence-corrected chi connectivity index (χ1v) is 8.64. The quantitative estimate of drug-likeness (QED) is 0.477. The van der Waals surface area contributed by atoms with Crippen LogP contribution in [0.15, 0.2) is 0 Å². The molecule has 0 aromatic carbocycles. The van der Waals surface area contributed by atoms with Gasteiger partial charge in [-0.15, -0.1) is 0 Å². The Labute approximate surface area is 108 Å². The summed E-state index contributed by atoms with van der Waals surface area (Å²) >= 11 is 0. The molecule has 0 saturated carbocycles. The molecule has 0 N–H and O–H groups in total. The van der Waals surface area contributed by atoms with Gasteiger partial charge in [-0.1, -0.05) is 0 Å². The molecule has 0 aliphatic rings. The average molecular weight is 302 g/mol. The van der Waals surface area contributed by atoms with E-state index in [2.05, 4.69) is 0 Å². The molecule has 0 radical (unpaired) electrons. The normalized spacial score (nSPS) is 15.1. The van der Waals surface area contributed by atoms with Gasteiger partial charge in [0.2, 0.25) is 8.03 Å². The molecule has 0 aliphatic heterocycles. The standard InChI is InChI=1S/C9H20O7P2/c1-5-13-17(11)9(16-8(4)10)18(12,14-6-2)15-7-3/h9,17H,5-7H2,1-4H3. The SMILES string of the molecule is CCO[PH](=O)C(OC(C)=O)P(=O)(OCC)OCC. The van der Waals surface area contributed by atoms with Crippen molar-refractivity contribution in [1.29, 1.82) is 0 Å². The first kappa shape index (κ1) is 17.8. The van der Waals surface area contributed by atoms with Crippen molar-refractivity contribution in [2.75, 3.05) is 19.8 Å². The van der Waals surface area contributed by atoms with Gasteiger partial charge in [0.1, 0.15) is 0 Å². The molecule has 0 spiro atoms. The Kier molecular flexibility index (Phi) is 8.74. The molecule has 0 aromatic heterocycles. The lowest BCUT2D eigenvalue weighted by Gasteiger charge is -2.24. The fraction of sp³-hybridized carbons (Fsp3) is 0.889. The van der Waals surface area contributed by atoms with E-state index in [-0.39, 0.29) is 19.8 Å². The van der Waals surface area contributed by atoms with Crippen molar-refractivity contribution in [3.8, 4) is 0 Å². The Balaban J connectivity index is 5.15. The van der Waals surface area contributed by atoms with Crippen LogP contribution in [-0.2, 0) is 32.2 Å². The zero-order valence-electron chi connectivity index (χ0n) is 11.0. The molecule has 7 nitrogen and oxygen atoms in total. The van der Waals surface area contributed by atoms with Gasteiger partial charge in [0.05, 0.1) is 19.8 Å². The summed E-state index contributed by atoms with van der Waals surface area (Å²) in [5, 5.41) is 0. The van der Waals surface area contributed by atoms with Crippen LogP contribution in [-0.4, -0.2) is 31.4 Å². The molecule has 0 fully saturated rings. The highest BCUT2D eigenvalue weighted by Gasteiger charge is 2.43. The first-order chi connectivity index (χ1) is 8.41. The Bertz CT molecular complexity index is 321. The summed E-state index contributed by atoms with van der Waals surface area (Å²) < 4.78 is 43.9. The smallest absolute Gasteiger partial charge is 0.380 e. The topological polar surface area (TPSA) is 88.1 Å². The van der Waals surface area contributed by atoms with Crippen molar-refractivity contribution in [1.82, 2.24) is 0 Å². The van der Waals surface area contributed by atoms with Crippen LogP contribution in [0.5, 0.6) is 0 Å². The molecule has 9 heteroatoms. The molecule has 0 aromatic rings. The number of hydrogen-bond acceptors (Lipinski definition) is 7. The van der Waals surface area contributed by atoms with Gasteiger partial charge in [-0.2, -0.15) is 0 Å². The first-order valence-electron chi connectivity index (χ1n) is 5.63. The van der Waals surface area contributed by atoms with E-state index in [0.29, 0.717) is 0 Å². The van der Waals surface area contributed by atoms with Gasteiger partial charge in [0.15, 0.2) is 0 Å². The van der Waals surface area contributed by atoms with Crippen molar-refractivity contribution in [2.24, 2.45) is 0 Å². The summed E-state index contributed by atoms with van der Waals surface area (Å²) in [6.07, 6.45) is 0. The average Bonchev–Trinajstić information content (AvgIpc) is 2.26. The predicted octanol–water partition coefficient (Wildman–Crippen LogP) is 2.61. The van der Waals surface area contributed by atoms with Crippen molar-refractivity contribution < 1.29 is 32.2 Å². The van der Waals surface area contributed by atoms with Gasteiger partial charge in [-0.3, -0.25) is 13.9 Å². The summed E-state index contributed by atoms with van der Waals surface area (Å²) in [6.45, 7) is 6.26. The van der Waals surface area contributed by atoms with Gasteiger partial charge in [-0.25, -0.2) is 0 Å². The second-order valence-electron chi connectivity index (χ2n) is 3.09. The summed E-state index contributed by atoms with van der Waals surface area (Å²) in [5.74, 6) is -0.724. The van der Waals surface area contributed by atoms with E-state index in [1.807, 2.05) is 0 Å². The minimum Gasteiger partial charge on any atom is -0.439 e. The summed E-state index contributed by atoms with van der Waals surface area (Å²) in [6, 6.07) is 0. The van der Waals surface area contributed by atoms with Crippen LogP contribution in [0.2, 0.25) is 0 Å². The highest BCUT2D eigenvalue weighted by atomic mass is 31.2. The Morgan fingerprint density at radius 3 is 2.00 bits per heavy atom. The third kappa shape index (κ3) is 5.63. The second kappa shape index (κ2) is 8.83. The molecule has 2 unspecified atom stereocenters. The van der Waals surface area contributed by atoms with E-state index in [9.17, 15) is 13.9 Å². The van der Waals surface area contributed by atoms with Crippen LogP contribution in [0.4, 0.5) is 0 Å². The van der Waals surface area contributed by atoms with E-state index < -0.39 is 27.2 Å². The van der Waals surface area contributed by atoms with E-state index in [1.165, 1.54) is 0 Å². The molecule has 18 heavy (non-hydrogen) atoms. The number of ether oxygens (including phenoxy) is 1. The van der Waals surface area contributed by atoms with Crippen molar-refractivity contribution in [3.05, 3.63) is 0 Å². The third-order valence-corrected chi connectivity index (χ3v) is 6.26. The van der Waals surface area contributed by atoms with Crippen LogP contribution in [0.3, 0.4) is 0 Å². The predicted molar refractivity (Wildman–Crippen MR) is 67.0 cm³/mol. The van der Waals surface area contributed by atoms with Crippen molar-refractivity contribution in [3.63, 3.8) is 0 Å². The van der Waals surface area contributed by atoms with E-state index in [1.54, 1.807) is 20.8 Å². The van der Waals surface area contributed by atoms with Crippen molar-refractivity contribution >= 4 is 21.6 Å². The molecule has 0 rings (SSSR count). The molecule has 0 saturated heterocycles. The largest absolute Gasteiger partial charge is 0.439 e. The maximum atomic E-state index is 12.4. The third-order valence-electron chi connectivity index (χ3n) is 1.67. The molecule has 0 amide bonds. The minimum absolute atomic E-state index is 0.0797. The van der Waals surface area contributed by atoms with E-state index in [0.717, 1.165) is 6.92 Å². The second-order valence-corrected chi connectivity index (χ2v) is 7.09. The van der Waals surface area contributed by atoms with Crippen LogP contribution in [0.25, 0.3) is 0 Å². The molecular weight excluding hydrogens is 282 g/mol. The molecule has 108 valence electrons. The lowest BCUT2D eigenvalue weighted by molar-refractivity contribution is -0.141. The van der Waals surface area contributed by atoms with E-state index in [4.69, 9.17) is 18.3 Å². The van der Waals surface area contributed by atoms with Gasteiger partial charge >= 0.3 is 13.6 Å². The lowest BCUT2D eigenvalue weighted by Crippen LogP contribution is -2.17. The number of rotatable bonds is 9. The number of carbonyl (C=O) groups is 1. The Morgan fingerprint density at radius 1 is 1.17 bits per heavy atom. The number of carbonyl (C=O) groups excluding carboxylic acids is 1. The Morgan fingerprint density at radius 2 is 1.67 bits per heavy atom. The Hall–Kier alpha value is -0.190. The van der Waals surface area contributed by atoms with Crippen LogP contribution < -0.4 is 0 Å². The fourth-order valence-corrected chi connectivity index (χ4v) is 4.88. The number of hydrogen-bond donors (Lipinski definition) is 0. The lowest BCUT2D eigenvalue weighted by atomic mass is 10.8. The summed E-state index contributed by atoms with van der Waals surface area (Å²) in [4.78, 5) is 11.0. The van der Waals surface area contributed by atoms with Crippen LogP contribution in [0.1, 0.15) is 27.7 Å². The molecule has 0 bridgehead atoms. The van der Waals surface area contributed by atoms with E-state index >= 15 is 0 Å². The van der Waals surface area contributed by atoms with Gasteiger partial charge in [0.25, 0.3) is 5.59 Å². The minimum atomic E-state index is -3.80. The van der Waals surface area contributed by atoms with Crippen LogP contribution in [0, 0.1) is 0 Å². The highest BCUT2D eigenvalue weighted by molar-refractivity contribution is 7.66. The maximum Gasteiger partial charge on any atom is 0.380 e. The van der Waals surface area contributed by atoms with Crippen molar-refractivity contribution in [2.45, 2.75) is 33.3 Å². The highest BCUT2D eigenvalue weighted by Crippen LogP contribution is 2.61. The number of esters is 1. The molecule has 0 aliphatic carbocycles. The van der Waals surface area contributed by atoms with Crippen LogP contribution >= 0.6 is 15.6 Å². The van der Waals surface area contributed by atoms with Gasteiger partial charge < -0.3 is 18.3 Å². The van der Waals surface area contributed by atoms with Gasteiger partial charge in [0, 0.05) is 6.92 Å². The zero-order chi connectivity index (χ0) is 14.2. The zero-order valence-corrected chi connectivity index (χ0v) is 12.9. The molecular formula is C9H20O7P2. The fourth-order valence-electron chi connectivity index (χ4n) is 1.15. The monoisotopic (exact) mass is 302 g/mol. The molecule has 2 atom stereocenters. The summed E-state index contributed by atoms with van der Waals surface area (Å²) in [5.41, 5.74) is -1.50. The van der Waals surface area contributed by atoms with Gasteiger partial charge in [-0.05, 0) is 20.8 Å².